The van der Waals surface area contributed by atoms with Gasteiger partial charge in [-0.15, -0.1) is 0 Å². The molecule has 0 aromatic heterocycles. The van der Waals surface area contributed by atoms with Crippen molar-refractivity contribution < 1.29 is 21.6 Å². The smallest absolute Gasteiger partial charge is 0.265 e. The molecule has 0 radical (unpaired) electrons. The highest BCUT2D eigenvalue weighted by molar-refractivity contribution is 7.93. The number of hydrogen-bond donors (Lipinski definition) is 2. The maximum absolute atomic E-state index is 13.5. The van der Waals surface area contributed by atoms with Crippen LogP contribution in [0.5, 0.6) is 0 Å². The van der Waals surface area contributed by atoms with Gasteiger partial charge < -0.3 is 5.32 Å². The zero-order valence-corrected chi connectivity index (χ0v) is 23.2. The number of hydrogen-bond acceptors (Lipinski definition) is 5. The summed E-state index contributed by atoms with van der Waals surface area (Å²) in [5.74, 6) is -0.561. The summed E-state index contributed by atoms with van der Waals surface area (Å²) in [6, 6.07) is 23.3. The molecule has 2 N–H and O–H groups in total. The summed E-state index contributed by atoms with van der Waals surface area (Å²) in [5, 5.41) is 2.68. The van der Waals surface area contributed by atoms with Crippen LogP contribution in [0, 0.1) is 20.8 Å². The molecule has 39 heavy (non-hydrogen) atoms. The molecule has 0 bridgehead atoms. The Labute approximate surface area is 228 Å². The summed E-state index contributed by atoms with van der Waals surface area (Å²) >= 11 is 0. The SMILES string of the molecule is Cc1ccc(C)c(NS(=O)(=O)c2ccc(NC(=O)CN3c4ccc(C)cc4-c4ccccc4S3(=O)=O)cc2)c1. The van der Waals surface area contributed by atoms with Gasteiger partial charge >= 0.3 is 0 Å². The molecule has 0 saturated heterocycles. The standard InChI is InChI=1S/C29H27N3O5S2/c1-19-9-15-27-25(16-19)24-6-4-5-7-28(24)39(36,37)32(27)18-29(33)30-22-11-13-23(14-12-22)38(34,35)31-26-17-20(2)8-10-21(26)3/h4-17,31H,18H2,1-3H3,(H,30,33). The van der Waals surface area contributed by atoms with Crippen molar-refractivity contribution in [1.29, 1.82) is 0 Å². The zero-order valence-electron chi connectivity index (χ0n) is 21.6. The number of carbonyl (C=O) groups excluding carboxylic acids is 1. The molecule has 0 fully saturated rings. The Kier molecular flexibility index (Phi) is 6.69. The first-order valence-corrected chi connectivity index (χ1v) is 15.1. The average Bonchev–Trinajstić information content (AvgIpc) is 2.89. The Morgan fingerprint density at radius 3 is 2.23 bits per heavy atom. The van der Waals surface area contributed by atoms with Gasteiger partial charge in [0.2, 0.25) is 5.91 Å². The van der Waals surface area contributed by atoms with Gasteiger partial charge in [-0.1, -0.05) is 42.0 Å². The van der Waals surface area contributed by atoms with Gasteiger partial charge in [-0.25, -0.2) is 16.8 Å². The number of nitrogens with one attached hydrogen (secondary N) is 2. The Morgan fingerprint density at radius 1 is 0.821 bits per heavy atom. The Bertz CT molecular complexity index is 1820. The van der Waals surface area contributed by atoms with Crippen LogP contribution in [0.25, 0.3) is 11.1 Å². The molecule has 8 nitrogen and oxygen atoms in total. The number of benzene rings is 4. The fraction of sp³-hybridized carbons (Fsp3) is 0.138. The minimum absolute atomic E-state index is 0.0286. The molecule has 0 aliphatic carbocycles. The van der Waals surface area contributed by atoms with Crippen molar-refractivity contribution in [3.8, 4) is 11.1 Å². The van der Waals surface area contributed by atoms with E-state index >= 15 is 0 Å². The maximum Gasteiger partial charge on any atom is 0.265 e. The fourth-order valence-corrected chi connectivity index (χ4v) is 7.28. The minimum Gasteiger partial charge on any atom is -0.325 e. The molecule has 0 unspecified atom stereocenters. The van der Waals surface area contributed by atoms with E-state index in [4.69, 9.17) is 0 Å². The number of carbonyl (C=O) groups is 1. The van der Waals surface area contributed by atoms with Gasteiger partial charge in [0.1, 0.15) is 6.54 Å². The summed E-state index contributed by atoms with van der Waals surface area (Å²) in [6.45, 7) is 5.17. The molecule has 1 amide bonds. The van der Waals surface area contributed by atoms with Gasteiger partial charge in [0.15, 0.2) is 0 Å². The number of amides is 1. The van der Waals surface area contributed by atoms with Crippen LogP contribution in [0.15, 0.2) is 94.7 Å². The molecule has 10 heteroatoms. The predicted octanol–water partition coefficient (Wildman–Crippen LogP) is 5.23. The molecule has 1 heterocycles. The van der Waals surface area contributed by atoms with E-state index in [0.717, 1.165) is 26.6 Å². The number of anilines is 3. The van der Waals surface area contributed by atoms with Crippen molar-refractivity contribution in [3.05, 3.63) is 102 Å². The highest BCUT2D eigenvalue weighted by atomic mass is 32.2. The lowest BCUT2D eigenvalue weighted by Gasteiger charge is -2.31. The average molecular weight is 562 g/mol. The maximum atomic E-state index is 13.5. The number of nitrogens with zero attached hydrogens (tertiary/aromatic N) is 1. The summed E-state index contributed by atoms with van der Waals surface area (Å²) in [6.07, 6.45) is 0. The molecular formula is C29H27N3O5S2. The highest BCUT2D eigenvalue weighted by Crippen LogP contribution is 2.43. The number of sulfonamides is 2. The summed E-state index contributed by atoms with van der Waals surface area (Å²) in [7, 11) is -7.83. The van der Waals surface area contributed by atoms with Crippen LogP contribution in [-0.2, 0) is 24.8 Å². The third-order valence-corrected chi connectivity index (χ3v) is 9.74. The number of fused-ring (bicyclic) bond motifs is 3. The lowest BCUT2D eigenvalue weighted by atomic mass is 10.0. The number of rotatable bonds is 6. The quantitative estimate of drug-likeness (QED) is 0.335. The van der Waals surface area contributed by atoms with Crippen molar-refractivity contribution in [3.63, 3.8) is 0 Å². The molecule has 5 rings (SSSR count). The predicted molar refractivity (Wildman–Crippen MR) is 153 cm³/mol. The highest BCUT2D eigenvalue weighted by Gasteiger charge is 2.35. The van der Waals surface area contributed by atoms with Crippen LogP contribution in [0.2, 0.25) is 0 Å². The second-order valence-electron chi connectivity index (χ2n) is 9.52. The molecule has 0 atom stereocenters. The van der Waals surface area contributed by atoms with Crippen LogP contribution in [0.1, 0.15) is 16.7 Å². The van der Waals surface area contributed by atoms with Gasteiger partial charge in [0, 0.05) is 16.8 Å². The van der Waals surface area contributed by atoms with E-state index in [1.165, 1.54) is 30.3 Å². The second-order valence-corrected chi connectivity index (χ2v) is 13.0. The lowest BCUT2D eigenvalue weighted by molar-refractivity contribution is -0.114. The van der Waals surface area contributed by atoms with E-state index in [0.29, 0.717) is 22.6 Å². The van der Waals surface area contributed by atoms with E-state index in [1.54, 1.807) is 36.4 Å². The van der Waals surface area contributed by atoms with Crippen LogP contribution >= 0.6 is 0 Å². The molecular weight excluding hydrogens is 534 g/mol. The molecule has 1 aliphatic rings. The van der Waals surface area contributed by atoms with Crippen molar-refractivity contribution in [2.45, 2.75) is 30.6 Å². The lowest BCUT2D eigenvalue weighted by Crippen LogP contribution is -2.40. The first kappa shape index (κ1) is 26.5. The van der Waals surface area contributed by atoms with Gasteiger partial charge in [0.05, 0.1) is 21.2 Å². The fourth-order valence-electron chi connectivity index (χ4n) is 4.51. The van der Waals surface area contributed by atoms with E-state index < -0.39 is 32.5 Å². The van der Waals surface area contributed by atoms with Crippen molar-refractivity contribution in [2.75, 3.05) is 20.9 Å². The third kappa shape index (κ3) is 5.13. The third-order valence-electron chi connectivity index (χ3n) is 6.54. The Morgan fingerprint density at radius 2 is 1.49 bits per heavy atom. The summed E-state index contributed by atoms with van der Waals surface area (Å²) in [5.41, 5.74) is 5.27. The van der Waals surface area contributed by atoms with Gasteiger partial charge in [-0.2, -0.15) is 0 Å². The summed E-state index contributed by atoms with van der Waals surface area (Å²) < 4.78 is 56.4. The van der Waals surface area contributed by atoms with Crippen LogP contribution in [-0.4, -0.2) is 29.3 Å². The minimum atomic E-state index is -3.97. The van der Waals surface area contributed by atoms with Crippen LogP contribution in [0.4, 0.5) is 17.1 Å². The molecule has 0 saturated carbocycles. The normalized spacial score (nSPS) is 13.8. The Hall–Kier alpha value is -4.15. The van der Waals surface area contributed by atoms with Crippen LogP contribution in [0.3, 0.4) is 0 Å². The first-order chi connectivity index (χ1) is 18.5. The van der Waals surface area contributed by atoms with Gasteiger partial charge in [-0.3, -0.25) is 13.8 Å². The zero-order chi connectivity index (χ0) is 27.9. The molecule has 4 aromatic rings. The number of aryl methyl sites for hydroxylation is 3. The van der Waals surface area contributed by atoms with E-state index in [-0.39, 0.29) is 9.79 Å². The molecule has 200 valence electrons. The van der Waals surface area contributed by atoms with E-state index in [9.17, 15) is 21.6 Å². The van der Waals surface area contributed by atoms with Gasteiger partial charge in [0.25, 0.3) is 20.0 Å². The summed E-state index contributed by atoms with van der Waals surface area (Å²) in [4.78, 5) is 13.2. The van der Waals surface area contributed by atoms with E-state index in [2.05, 4.69) is 10.0 Å². The van der Waals surface area contributed by atoms with Crippen molar-refractivity contribution in [2.24, 2.45) is 0 Å². The largest absolute Gasteiger partial charge is 0.325 e. The van der Waals surface area contributed by atoms with Crippen molar-refractivity contribution in [1.82, 2.24) is 0 Å². The van der Waals surface area contributed by atoms with Gasteiger partial charge in [-0.05, 0) is 80.4 Å². The van der Waals surface area contributed by atoms with E-state index in [1.807, 2.05) is 39.0 Å². The molecule has 0 spiro atoms. The first-order valence-electron chi connectivity index (χ1n) is 12.2. The van der Waals surface area contributed by atoms with Crippen molar-refractivity contribution >= 4 is 43.0 Å². The monoisotopic (exact) mass is 561 g/mol. The van der Waals surface area contributed by atoms with Crippen LogP contribution < -0.4 is 14.3 Å². The molecule has 4 aromatic carbocycles. The second kappa shape index (κ2) is 9.87. The Balaban J connectivity index is 1.35. The topological polar surface area (TPSA) is 113 Å². The molecule has 1 aliphatic heterocycles.